The molecule has 0 aliphatic carbocycles. The number of carbonyl (C=O) groups excluding carboxylic acids is 5. The summed E-state index contributed by atoms with van der Waals surface area (Å²) in [7, 11) is 0. The molecule has 17 nitrogen and oxygen atoms in total. The molecule has 40 heavy (non-hydrogen) atoms. The summed E-state index contributed by atoms with van der Waals surface area (Å²) in [5.74, 6) is -4.05. The maximum absolute atomic E-state index is 13.2. The SMILES string of the molecule is CC[C@H](C)[C@H](NC(=O)[C@H](CCC(N)=O)NC(=O)[C@@H](N)CCCN=C(N)N)C(=O)N[C@@H](CCCN=C(N)N)C(N)=O. The first-order valence-corrected chi connectivity index (χ1v) is 13.0. The number of hydrogen-bond donors (Lipinski definition) is 10. The van der Waals surface area contributed by atoms with E-state index in [2.05, 4.69) is 25.9 Å². The van der Waals surface area contributed by atoms with Gasteiger partial charge in [-0.25, -0.2) is 0 Å². The van der Waals surface area contributed by atoms with Gasteiger partial charge in [0.25, 0.3) is 0 Å². The average Bonchev–Trinajstić information content (AvgIpc) is 2.87. The summed E-state index contributed by atoms with van der Waals surface area (Å²) in [6.07, 6.45) is 1.31. The van der Waals surface area contributed by atoms with Crippen molar-refractivity contribution in [3.63, 3.8) is 0 Å². The van der Waals surface area contributed by atoms with E-state index in [9.17, 15) is 24.0 Å². The Labute approximate surface area is 233 Å². The van der Waals surface area contributed by atoms with Gasteiger partial charge in [-0.3, -0.25) is 34.0 Å². The van der Waals surface area contributed by atoms with Crippen LogP contribution in [-0.2, 0) is 24.0 Å². The van der Waals surface area contributed by atoms with Crippen LogP contribution < -0.4 is 56.1 Å². The van der Waals surface area contributed by atoms with Gasteiger partial charge < -0.3 is 56.1 Å². The second kappa shape index (κ2) is 19.0. The molecule has 0 aliphatic rings. The Hall–Kier alpha value is -4.15. The highest BCUT2D eigenvalue weighted by Gasteiger charge is 2.32. The zero-order valence-corrected chi connectivity index (χ0v) is 23.2. The lowest BCUT2D eigenvalue weighted by molar-refractivity contribution is -0.134. The zero-order chi connectivity index (χ0) is 30.8. The number of nitrogens with zero attached hydrogens (tertiary/aromatic N) is 2. The van der Waals surface area contributed by atoms with E-state index in [1.54, 1.807) is 6.92 Å². The van der Waals surface area contributed by atoms with Gasteiger partial charge in [0, 0.05) is 19.5 Å². The highest BCUT2D eigenvalue weighted by atomic mass is 16.2. The molecule has 5 amide bonds. The van der Waals surface area contributed by atoms with Crippen LogP contribution in [0.15, 0.2) is 9.98 Å². The van der Waals surface area contributed by atoms with Crippen LogP contribution >= 0.6 is 0 Å². The summed E-state index contributed by atoms with van der Waals surface area (Å²) >= 11 is 0. The molecule has 0 aliphatic heterocycles. The van der Waals surface area contributed by atoms with Crippen molar-refractivity contribution in [3.05, 3.63) is 0 Å². The maximum Gasteiger partial charge on any atom is 0.243 e. The smallest absolute Gasteiger partial charge is 0.243 e. The fourth-order valence-electron chi connectivity index (χ4n) is 3.49. The Bertz CT molecular complexity index is 918. The molecule has 0 saturated heterocycles. The van der Waals surface area contributed by atoms with Crippen molar-refractivity contribution >= 4 is 41.5 Å². The molecular formula is C23H46N12O5. The number of hydrogen-bond acceptors (Lipinski definition) is 8. The lowest BCUT2D eigenvalue weighted by atomic mass is 9.96. The minimum Gasteiger partial charge on any atom is -0.370 e. The molecule has 0 spiro atoms. The highest BCUT2D eigenvalue weighted by Crippen LogP contribution is 2.11. The third-order valence-corrected chi connectivity index (χ3v) is 6.02. The zero-order valence-electron chi connectivity index (χ0n) is 23.2. The lowest BCUT2D eigenvalue weighted by Crippen LogP contribution is -2.59. The van der Waals surface area contributed by atoms with Gasteiger partial charge in [0.2, 0.25) is 29.5 Å². The van der Waals surface area contributed by atoms with E-state index in [1.807, 2.05) is 6.92 Å². The third kappa shape index (κ3) is 15.3. The van der Waals surface area contributed by atoms with E-state index in [0.717, 1.165) is 0 Å². The van der Waals surface area contributed by atoms with Gasteiger partial charge in [-0.1, -0.05) is 20.3 Å². The Balaban J connectivity index is 5.53. The Kier molecular flexibility index (Phi) is 17.0. The van der Waals surface area contributed by atoms with Crippen molar-refractivity contribution in [3.8, 4) is 0 Å². The number of aliphatic imine (C=N–C) groups is 2. The molecule has 0 unspecified atom stereocenters. The highest BCUT2D eigenvalue weighted by molar-refractivity contribution is 5.95. The molecule has 0 bridgehead atoms. The first-order chi connectivity index (χ1) is 18.7. The second-order valence-electron chi connectivity index (χ2n) is 9.41. The van der Waals surface area contributed by atoms with Crippen LogP contribution in [0, 0.1) is 5.92 Å². The van der Waals surface area contributed by atoms with Gasteiger partial charge in [-0.2, -0.15) is 0 Å². The molecule has 17 N–H and O–H groups in total. The first-order valence-electron chi connectivity index (χ1n) is 13.0. The number of amides is 5. The van der Waals surface area contributed by atoms with Crippen molar-refractivity contribution in [2.75, 3.05) is 13.1 Å². The summed E-state index contributed by atoms with van der Waals surface area (Å²) in [5.41, 5.74) is 37.7. The fourth-order valence-corrected chi connectivity index (χ4v) is 3.49. The van der Waals surface area contributed by atoms with Gasteiger partial charge in [-0.15, -0.1) is 0 Å². The van der Waals surface area contributed by atoms with Gasteiger partial charge >= 0.3 is 0 Å². The van der Waals surface area contributed by atoms with Crippen molar-refractivity contribution in [1.82, 2.24) is 16.0 Å². The largest absolute Gasteiger partial charge is 0.370 e. The van der Waals surface area contributed by atoms with E-state index >= 15 is 0 Å². The van der Waals surface area contributed by atoms with Crippen molar-refractivity contribution < 1.29 is 24.0 Å². The van der Waals surface area contributed by atoms with E-state index in [-0.39, 0.29) is 56.6 Å². The average molecular weight is 571 g/mol. The van der Waals surface area contributed by atoms with E-state index < -0.39 is 53.7 Å². The summed E-state index contributed by atoms with van der Waals surface area (Å²) in [6, 6.07) is -4.32. The maximum atomic E-state index is 13.2. The van der Waals surface area contributed by atoms with Crippen LogP contribution in [0.2, 0.25) is 0 Å². The molecule has 0 radical (unpaired) electrons. The van der Waals surface area contributed by atoms with Gasteiger partial charge in [-0.05, 0) is 38.0 Å². The summed E-state index contributed by atoms with van der Waals surface area (Å²) in [4.78, 5) is 69.9. The monoisotopic (exact) mass is 570 g/mol. The minimum absolute atomic E-state index is 0.0887. The van der Waals surface area contributed by atoms with Gasteiger partial charge in [0.05, 0.1) is 6.04 Å². The topological polar surface area (TPSA) is 328 Å². The molecule has 0 heterocycles. The Morgan fingerprint density at radius 2 is 1.23 bits per heavy atom. The molecule has 17 heteroatoms. The van der Waals surface area contributed by atoms with Crippen LogP contribution in [0.25, 0.3) is 0 Å². The number of nitrogens with two attached hydrogens (primary N) is 7. The molecule has 0 fully saturated rings. The fraction of sp³-hybridized carbons (Fsp3) is 0.696. The molecular weight excluding hydrogens is 524 g/mol. The lowest BCUT2D eigenvalue weighted by Gasteiger charge is -2.28. The van der Waals surface area contributed by atoms with E-state index in [4.69, 9.17) is 40.1 Å². The van der Waals surface area contributed by atoms with Gasteiger partial charge in [0.1, 0.15) is 18.1 Å². The van der Waals surface area contributed by atoms with Crippen LogP contribution in [0.3, 0.4) is 0 Å². The van der Waals surface area contributed by atoms with Gasteiger partial charge in [0.15, 0.2) is 11.9 Å². The number of nitrogens with one attached hydrogen (secondary N) is 3. The van der Waals surface area contributed by atoms with Crippen molar-refractivity contribution in [1.29, 1.82) is 0 Å². The summed E-state index contributed by atoms with van der Waals surface area (Å²) in [6.45, 7) is 4.03. The third-order valence-electron chi connectivity index (χ3n) is 6.02. The van der Waals surface area contributed by atoms with Crippen LogP contribution in [0.5, 0.6) is 0 Å². The number of guanidine groups is 2. The normalized spacial score (nSPS) is 14.4. The molecule has 5 atom stereocenters. The van der Waals surface area contributed by atoms with Crippen molar-refractivity contribution in [2.24, 2.45) is 56.0 Å². The standard InChI is InChI=1S/C23H46N12O5/c1-3-12(2)17(21(40)33-14(18(26)37)7-5-11-32-23(29)30)35-20(39)15(8-9-16(25)36)34-19(38)13(24)6-4-10-31-22(27)28/h12-15,17H,3-11,24H2,1-2H3,(H2,25,36)(H2,26,37)(H,33,40)(H,34,38)(H,35,39)(H4,27,28,31)(H4,29,30,32)/t12-,13-,14-,15-,17-/m0/s1. The first kappa shape index (κ1) is 35.9. The predicted octanol–water partition coefficient (Wildman–Crippen LogP) is -4.33. The Morgan fingerprint density at radius 3 is 1.70 bits per heavy atom. The van der Waals surface area contributed by atoms with E-state index in [0.29, 0.717) is 19.3 Å². The Morgan fingerprint density at radius 1 is 0.700 bits per heavy atom. The number of carbonyl (C=O) groups is 5. The number of rotatable bonds is 20. The van der Waals surface area contributed by atoms with Crippen LogP contribution in [0.4, 0.5) is 0 Å². The second-order valence-corrected chi connectivity index (χ2v) is 9.41. The molecule has 0 aromatic heterocycles. The predicted molar refractivity (Wildman–Crippen MR) is 151 cm³/mol. The molecule has 0 saturated carbocycles. The molecule has 0 aromatic carbocycles. The number of primary amides is 2. The molecule has 0 rings (SSSR count). The molecule has 0 aromatic rings. The van der Waals surface area contributed by atoms with E-state index in [1.165, 1.54) is 0 Å². The van der Waals surface area contributed by atoms with Crippen molar-refractivity contribution in [2.45, 2.75) is 83.0 Å². The minimum atomic E-state index is -1.21. The summed E-state index contributed by atoms with van der Waals surface area (Å²) in [5, 5.41) is 7.69. The molecule has 228 valence electrons. The van der Waals surface area contributed by atoms with Crippen LogP contribution in [0.1, 0.15) is 58.8 Å². The quantitative estimate of drug-likeness (QED) is 0.0381. The summed E-state index contributed by atoms with van der Waals surface area (Å²) < 4.78 is 0. The van der Waals surface area contributed by atoms with Crippen LogP contribution in [-0.4, -0.2) is 78.7 Å².